The first-order valence-electron chi connectivity index (χ1n) is 10.5. The minimum Gasteiger partial charge on any atom is -0.376 e. The quantitative estimate of drug-likeness (QED) is 0.441. The van der Waals surface area contributed by atoms with Crippen LogP contribution in [0.5, 0.6) is 0 Å². The smallest absolute Gasteiger partial charge is 0.103 e. The Morgan fingerprint density at radius 2 is 1.03 bits per heavy atom. The van der Waals surface area contributed by atoms with Crippen molar-refractivity contribution in [3.8, 4) is 0 Å². The molecule has 0 radical (unpaired) electrons. The lowest BCUT2D eigenvalue weighted by Gasteiger charge is -2.29. The number of benzene rings is 2. The Labute approximate surface area is 176 Å². The summed E-state index contributed by atoms with van der Waals surface area (Å²) in [6.45, 7) is 9.39. The van der Waals surface area contributed by atoms with Crippen molar-refractivity contribution in [2.75, 3.05) is 13.2 Å². The Balaban J connectivity index is 2.20. The Bertz CT molecular complexity index is 661. The molecule has 0 aliphatic carbocycles. The molecule has 0 saturated heterocycles. The fraction of sp³-hybridized carbons (Fsp3) is 0.385. The molecular formula is C26H34O3. The van der Waals surface area contributed by atoms with Gasteiger partial charge in [0, 0.05) is 13.2 Å². The average molecular weight is 395 g/mol. The van der Waals surface area contributed by atoms with Gasteiger partial charge in [-0.05, 0) is 38.8 Å². The van der Waals surface area contributed by atoms with Gasteiger partial charge in [-0.2, -0.15) is 0 Å². The molecule has 0 aliphatic heterocycles. The second kappa shape index (κ2) is 13.1. The minimum atomic E-state index is -0.191. The fourth-order valence-electron chi connectivity index (χ4n) is 3.06. The molecule has 0 saturated carbocycles. The lowest BCUT2D eigenvalue weighted by molar-refractivity contribution is -0.0994. The molecule has 3 nitrogen and oxygen atoms in total. The van der Waals surface area contributed by atoms with E-state index in [1.54, 1.807) is 0 Å². The second-order valence-corrected chi connectivity index (χ2v) is 6.93. The lowest BCUT2D eigenvalue weighted by atomic mass is 10.1. The van der Waals surface area contributed by atoms with Crippen molar-refractivity contribution in [3.05, 3.63) is 83.9 Å². The molecule has 0 aliphatic rings. The molecule has 0 bridgehead atoms. The van der Waals surface area contributed by atoms with Crippen molar-refractivity contribution in [1.29, 1.82) is 0 Å². The molecule has 0 heterocycles. The van der Waals surface area contributed by atoms with E-state index < -0.39 is 0 Å². The molecule has 2 aromatic carbocycles. The van der Waals surface area contributed by atoms with E-state index in [2.05, 4.69) is 48.6 Å². The predicted molar refractivity (Wildman–Crippen MR) is 122 cm³/mol. The summed E-state index contributed by atoms with van der Waals surface area (Å²) in [5.41, 5.74) is 2.28. The van der Waals surface area contributed by atoms with E-state index in [1.165, 1.54) is 0 Å². The van der Waals surface area contributed by atoms with Gasteiger partial charge in [0.15, 0.2) is 0 Å². The summed E-state index contributed by atoms with van der Waals surface area (Å²) in [5, 5.41) is 0. The fourth-order valence-corrected chi connectivity index (χ4v) is 3.06. The highest BCUT2D eigenvalue weighted by atomic mass is 16.6. The molecule has 4 atom stereocenters. The van der Waals surface area contributed by atoms with Gasteiger partial charge in [-0.3, -0.25) is 0 Å². The maximum absolute atomic E-state index is 6.50. The minimum absolute atomic E-state index is 0.0681. The number of hydrogen-bond donors (Lipinski definition) is 0. The van der Waals surface area contributed by atoms with E-state index in [-0.39, 0.29) is 24.4 Å². The van der Waals surface area contributed by atoms with Gasteiger partial charge < -0.3 is 14.2 Å². The third-order valence-electron chi connectivity index (χ3n) is 4.65. The topological polar surface area (TPSA) is 27.7 Å². The van der Waals surface area contributed by atoms with Crippen LogP contribution in [0.4, 0.5) is 0 Å². The van der Waals surface area contributed by atoms with Gasteiger partial charge in [-0.15, -0.1) is 0 Å². The van der Waals surface area contributed by atoms with Crippen LogP contribution in [0.2, 0.25) is 0 Å². The summed E-state index contributed by atoms with van der Waals surface area (Å²) in [4.78, 5) is 0. The van der Waals surface area contributed by atoms with Gasteiger partial charge in [0.05, 0.1) is 12.2 Å². The maximum atomic E-state index is 6.50. The Kier molecular flexibility index (Phi) is 10.4. The molecule has 0 N–H and O–H groups in total. The van der Waals surface area contributed by atoms with E-state index in [0.29, 0.717) is 13.2 Å². The van der Waals surface area contributed by atoms with Gasteiger partial charge in [0.2, 0.25) is 0 Å². The average Bonchev–Trinajstić information content (AvgIpc) is 2.75. The van der Waals surface area contributed by atoms with E-state index in [9.17, 15) is 0 Å². The summed E-state index contributed by atoms with van der Waals surface area (Å²) in [7, 11) is 0. The van der Waals surface area contributed by atoms with Crippen LogP contribution in [0.25, 0.3) is 12.2 Å². The summed E-state index contributed by atoms with van der Waals surface area (Å²) in [6.07, 6.45) is 7.82. The molecule has 0 spiro atoms. The molecule has 2 aromatic rings. The SMILES string of the molecule is CCOC(C)C(/C=C/c1ccccc1)OC(/C=C/c1ccccc1)C(C)OCC. The van der Waals surface area contributed by atoms with Crippen molar-refractivity contribution in [1.82, 2.24) is 0 Å². The van der Waals surface area contributed by atoms with Gasteiger partial charge >= 0.3 is 0 Å². The Morgan fingerprint density at radius 3 is 1.38 bits per heavy atom. The van der Waals surface area contributed by atoms with Crippen LogP contribution in [0, 0.1) is 0 Å². The highest BCUT2D eigenvalue weighted by Crippen LogP contribution is 2.17. The summed E-state index contributed by atoms with van der Waals surface area (Å²) in [5.74, 6) is 0. The first-order valence-corrected chi connectivity index (χ1v) is 10.5. The van der Waals surface area contributed by atoms with Crippen LogP contribution in [0.1, 0.15) is 38.8 Å². The molecule has 4 unspecified atom stereocenters. The second-order valence-electron chi connectivity index (χ2n) is 6.93. The van der Waals surface area contributed by atoms with E-state index >= 15 is 0 Å². The van der Waals surface area contributed by atoms with E-state index in [0.717, 1.165) is 11.1 Å². The van der Waals surface area contributed by atoms with Crippen LogP contribution in [0.15, 0.2) is 72.8 Å². The third-order valence-corrected chi connectivity index (χ3v) is 4.65. The third kappa shape index (κ3) is 8.36. The summed E-state index contributed by atoms with van der Waals surface area (Å²) in [6, 6.07) is 20.5. The molecule has 0 aromatic heterocycles. The summed E-state index contributed by atoms with van der Waals surface area (Å²) >= 11 is 0. The monoisotopic (exact) mass is 394 g/mol. The van der Waals surface area contributed by atoms with Crippen LogP contribution in [0.3, 0.4) is 0 Å². The van der Waals surface area contributed by atoms with Gasteiger partial charge in [-0.1, -0.05) is 85.0 Å². The van der Waals surface area contributed by atoms with Crippen molar-refractivity contribution < 1.29 is 14.2 Å². The van der Waals surface area contributed by atoms with Crippen LogP contribution in [-0.2, 0) is 14.2 Å². The van der Waals surface area contributed by atoms with Crippen LogP contribution >= 0.6 is 0 Å². The van der Waals surface area contributed by atoms with Gasteiger partial charge in [0.25, 0.3) is 0 Å². The Hall–Kier alpha value is -2.20. The first-order chi connectivity index (χ1) is 14.1. The van der Waals surface area contributed by atoms with E-state index in [4.69, 9.17) is 14.2 Å². The predicted octanol–water partition coefficient (Wildman–Crippen LogP) is 6.02. The summed E-state index contributed by atoms with van der Waals surface area (Å²) < 4.78 is 18.2. The molecule has 0 amide bonds. The number of hydrogen-bond acceptors (Lipinski definition) is 3. The largest absolute Gasteiger partial charge is 0.376 e. The van der Waals surface area contributed by atoms with Crippen molar-refractivity contribution in [2.45, 2.75) is 52.1 Å². The lowest BCUT2D eigenvalue weighted by Crippen LogP contribution is -2.36. The van der Waals surface area contributed by atoms with Crippen molar-refractivity contribution in [2.24, 2.45) is 0 Å². The molecule has 29 heavy (non-hydrogen) atoms. The zero-order chi connectivity index (χ0) is 20.9. The van der Waals surface area contributed by atoms with Crippen LogP contribution in [-0.4, -0.2) is 37.6 Å². The maximum Gasteiger partial charge on any atom is 0.103 e. The first kappa shape index (κ1) is 23.1. The molecular weight excluding hydrogens is 360 g/mol. The number of ether oxygens (including phenoxy) is 3. The van der Waals surface area contributed by atoms with Crippen molar-refractivity contribution in [3.63, 3.8) is 0 Å². The molecule has 2 rings (SSSR count). The normalized spacial score (nSPS) is 16.1. The highest BCUT2D eigenvalue weighted by molar-refractivity contribution is 5.50. The standard InChI is InChI=1S/C26H34O3/c1-5-27-21(3)25(19-17-23-13-9-7-10-14-23)29-26(22(4)28-6-2)20-18-24-15-11-8-12-16-24/h7-22,25-26H,5-6H2,1-4H3/b19-17+,20-18+. The van der Waals surface area contributed by atoms with Gasteiger partial charge in [-0.25, -0.2) is 0 Å². The number of rotatable bonds is 12. The Morgan fingerprint density at radius 1 is 0.655 bits per heavy atom. The van der Waals surface area contributed by atoms with Gasteiger partial charge in [0.1, 0.15) is 12.2 Å². The van der Waals surface area contributed by atoms with Crippen LogP contribution < -0.4 is 0 Å². The molecule has 156 valence electrons. The zero-order valence-electron chi connectivity index (χ0n) is 18.0. The highest BCUT2D eigenvalue weighted by Gasteiger charge is 2.23. The zero-order valence-corrected chi connectivity index (χ0v) is 18.0. The van der Waals surface area contributed by atoms with E-state index in [1.807, 2.05) is 64.1 Å². The molecule has 0 fully saturated rings. The molecule has 3 heteroatoms. The van der Waals surface area contributed by atoms with Crippen molar-refractivity contribution >= 4 is 12.2 Å².